The van der Waals surface area contributed by atoms with Crippen LogP contribution < -0.4 is 5.32 Å². The normalized spacial score (nSPS) is 14.3. The first-order valence-corrected chi connectivity index (χ1v) is 14.5. The summed E-state index contributed by atoms with van der Waals surface area (Å²) in [6.07, 6.45) is 4.71. The van der Waals surface area contributed by atoms with Gasteiger partial charge in [0.05, 0.1) is 5.75 Å². The minimum atomic E-state index is -0.619. The number of rotatable bonds is 11. The Hall–Kier alpha value is -2.76. The average Bonchev–Trinajstić information content (AvgIpc) is 3.42. The first kappa shape index (κ1) is 27.3. The molecule has 0 radical (unpaired) electrons. The van der Waals surface area contributed by atoms with Crippen molar-refractivity contribution in [3.8, 4) is 0 Å². The molecule has 4 nitrogen and oxygen atoms in total. The van der Waals surface area contributed by atoms with Gasteiger partial charge in [0.25, 0.3) is 0 Å². The van der Waals surface area contributed by atoms with Crippen LogP contribution in [0.1, 0.15) is 47.9 Å². The molecule has 3 aromatic carbocycles. The number of nitrogens with one attached hydrogen (secondary N) is 1. The molecule has 37 heavy (non-hydrogen) atoms. The van der Waals surface area contributed by atoms with Crippen LogP contribution in [0.5, 0.6) is 0 Å². The Morgan fingerprint density at radius 3 is 2.32 bits per heavy atom. The minimum Gasteiger partial charge on any atom is -0.352 e. The zero-order valence-corrected chi connectivity index (χ0v) is 22.9. The molecule has 3 aromatic rings. The summed E-state index contributed by atoms with van der Waals surface area (Å²) in [5.41, 5.74) is 4.26. The molecular weight excluding hydrogens is 500 g/mol. The Morgan fingerprint density at radius 2 is 1.62 bits per heavy atom. The van der Waals surface area contributed by atoms with E-state index < -0.39 is 6.04 Å². The molecule has 1 unspecified atom stereocenters. The summed E-state index contributed by atoms with van der Waals surface area (Å²) < 4.78 is 0. The fraction of sp³-hybridized carbons (Fsp3) is 0.355. The van der Waals surface area contributed by atoms with Crippen molar-refractivity contribution in [1.82, 2.24) is 10.2 Å². The lowest BCUT2D eigenvalue weighted by Gasteiger charge is -2.32. The maximum Gasteiger partial charge on any atom is 0.243 e. The highest BCUT2D eigenvalue weighted by Gasteiger charge is 2.32. The summed E-state index contributed by atoms with van der Waals surface area (Å²) in [5, 5.41) is 3.85. The van der Waals surface area contributed by atoms with Crippen molar-refractivity contribution in [2.24, 2.45) is 0 Å². The zero-order valence-electron chi connectivity index (χ0n) is 21.4. The van der Waals surface area contributed by atoms with Gasteiger partial charge in [-0.25, -0.2) is 0 Å². The fourth-order valence-electron chi connectivity index (χ4n) is 4.76. The van der Waals surface area contributed by atoms with Crippen molar-refractivity contribution >= 4 is 35.2 Å². The van der Waals surface area contributed by atoms with Crippen LogP contribution in [0.25, 0.3) is 0 Å². The number of aryl methyl sites for hydroxylation is 1. The number of carbonyl (C=O) groups is 2. The predicted molar refractivity (Wildman–Crippen MR) is 154 cm³/mol. The van der Waals surface area contributed by atoms with E-state index in [0.717, 1.165) is 42.6 Å². The number of carbonyl (C=O) groups excluding carboxylic acids is 2. The molecule has 1 saturated carbocycles. The van der Waals surface area contributed by atoms with E-state index in [1.165, 1.54) is 11.1 Å². The Balaban J connectivity index is 1.56. The molecule has 6 heteroatoms. The van der Waals surface area contributed by atoms with E-state index >= 15 is 0 Å². The van der Waals surface area contributed by atoms with Crippen molar-refractivity contribution in [2.45, 2.75) is 63.4 Å². The van der Waals surface area contributed by atoms with E-state index in [1.807, 2.05) is 54.6 Å². The smallest absolute Gasteiger partial charge is 0.243 e. The van der Waals surface area contributed by atoms with E-state index in [4.69, 9.17) is 11.6 Å². The van der Waals surface area contributed by atoms with Crippen LogP contribution >= 0.6 is 23.4 Å². The van der Waals surface area contributed by atoms with Crippen LogP contribution in [-0.4, -0.2) is 34.6 Å². The second-order valence-electron chi connectivity index (χ2n) is 9.79. The van der Waals surface area contributed by atoms with Gasteiger partial charge in [0.2, 0.25) is 11.8 Å². The largest absolute Gasteiger partial charge is 0.352 e. The molecule has 0 bridgehead atoms. The highest BCUT2D eigenvalue weighted by Crippen LogP contribution is 2.23. The standard InChI is InChI=1S/C31H35ClN2O2S/c1-23-15-17-25(18-16-23)21-37-22-30(35)34(20-26-11-5-8-14-28(26)32)29(19-24-9-3-2-4-10-24)31(36)33-27-12-6-7-13-27/h2-5,8-11,14-18,27,29H,6-7,12-13,19-22H2,1H3,(H,33,36). The quantitative estimate of drug-likeness (QED) is 0.302. The molecule has 0 spiro atoms. The van der Waals surface area contributed by atoms with E-state index in [1.54, 1.807) is 16.7 Å². The Labute approximate surface area is 229 Å². The number of nitrogens with zero attached hydrogens (tertiary/aromatic N) is 1. The highest BCUT2D eigenvalue weighted by atomic mass is 35.5. The second kappa shape index (κ2) is 13.7. The monoisotopic (exact) mass is 534 g/mol. The zero-order chi connectivity index (χ0) is 26.0. The lowest BCUT2D eigenvalue weighted by atomic mass is 10.0. The van der Waals surface area contributed by atoms with Gasteiger partial charge in [-0.15, -0.1) is 11.8 Å². The van der Waals surface area contributed by atoms with Crippen LogP contribution in [0, 0.1) is 6.92 Å². The highest BCUT2D eigenvalue weighted by molar-refractivity contribution is 7.99. The molecule has 1 aliphatic rings. The number of amides is 2. The summed E-state index contributed by atoms with van der Waals surface area (Å²) >= 11 is 8.08. The number of halogens is 1. The Morgan fingerprint density at radius 1 is 0.946 bits per heavy atom. The number of hydrogen-bond donors (Lipinski definition) is 1. The number of benzene rings is 3. The molecule has 4 rings (SSSR count). The molecule has 1 fully saturated rings. The lowest BCUT2D eigenvalue weighted by molar-refractivity contribution is -0.139. The lowest BCUT2D eigenvalue weighted by Crippen LogP contribution is -2.52. The van der Waals surface area contributed by atoms with Gasteiger partial charge >= 0.3 is 0 Å². The predicted octanol–water partition coefficient (Wildman–Crippen LogP) is 6.58. The van der Waals surface area contributed by atoms with Gasteiger partial charge in [-0.1, -0.05) is 103 Å². The summed E-state index contributed by atoms with van der Waals surface area (Å²) in [7, 11) is 0. The Bertz CT molecular complexity index is 1160. The maximum atomic E-state index is 13.8. The molecule has 0 heterocycles. The summed E-state index contributed by atoms with van der Waals surface area (Å²) in [4.78, 5) is 29.2. The van der Waals surface area contributed by atoms with Gasteiger partial charge < -0.3 is 10.2 Å². The van der Waals surface area contributed by atoms with Gasteiger partial charge in [-0.2, -0.15) is 0 Å². The third kappa shape index (κ3) is 8.11. The molecular formula is C31H35ClN2O2S. The molecule has 0 aliphatic heterocycles. The SMILES string of the molecule is Cc1ccc(CSCC(=O)N(Cc2ccccc2Cl)C(Cc2ccccc2)C(=O)NC2CCCC2)cc1. The summed E-state index contributed by atoms with van der Waals surface area (Å²) in [6, 6.07) is 25.4. The molecule has 0 saturated heterocycles. The topological polar surface area (TPSA) is 49.4 Å². The van der Waals surface area contributed by atoms with Crippen LogP contribution in [0.2, 0.25) is 5.02 Å². The second-order valence-corrected chi connectivity index (χ2v) is 11.2. The van der Waals surface area contributed by atoms with Gasteiger partial charge in [-0.3, -0.25) is 9.59 Å². The van der Waals surface area contributed by atoms with Gasteiger partial charge in [0.15, 0.2) is 0 Å². The molecule has 1 atom stereocenters. The first-order chi connectivity index (χ1) is 18.0. The van der Waals surface area contributed by atoms with E-state index in [2.05, 4.69) is 36.5 Å². The van der Waals surface area contributed by atoms with Crippen molar-refractivity contribution < 1.29 is 9.59 Å². The van der Waals surface area contributed by atoms with Gasteiger partial charge in [0, 0.05) is 29.8 Å². The van der Waals surface area contributed by atoms with Gasteiger partial charge in [-0.05, 0) is 42.5 Å². The average molecular weight is 535 g/mol. The maximum absolute atomic E-state index is 13.8. The third-order valence-corrected chi connectivity index (χ3v) is 8.24. The first-order valence-electron chi connectivity index (χ1n) is 13.0. The minimum absolute atomic E-state index is 0.0560. The molecule has 194 valence electrons. The summed E-state index contributed by atoms with van der Waals surface area (Å²) in [6.45, 7) is 2.36. The van der Waals surface area contributed by atoms with E-state index in [0.29, 0.717) is 23.7 Å². The molecule has 0 aromatic heterocycles. The van der Waals surface area contributed by atoms with Crippen molar-refractivity contribution in [3.05, 3.63) is 106 Å². The fourth-order valence-corrected chi connectivity index (χ4v) is 5.82. The van der Waals surface area contributed by atoms with Crippen molar-refractivity contribution in [2.75, 3.05) is 5.75 Å². The van der Waals surface area contributed by atoms with E-state index in [9.17, 15) is 9.59 Å². The summed E-state index contributed by atoms with van der Waals surface area (Å²) in [5.74, 6) is 0.892. The Kier molecular flexibility index (Phi) is 10.1. The van der Waals surface area contributed by atoms with Crippen LogP contribution in [0.15, 0.2) is 78.9 Å². The van der Waals surface area contributed by atoms with Crippen molar-refractivity contribution in [3.63, 3.8) is 0 Å². The van der Waals surface area contributed by atoms with Crippen LogP contribution in [-0.2, 0) is 28.3 Å². The number of hydrogen-bond acceptors (Lipinski definition) is 3. The molecule has 2 amide bonds. The number of thioether (sulfide) groups is 1. The van der Waals surface area contributed by atoms with Gasteiger partial charge in [0.1, 0.15) is 6.04 Å². The molecule has 1 N–H and O–H groups in total. The van der Waals surface area contributed by atoms with Crippen molar-refractivity contribution in [1.29, 1.82) is 0 Å². The van der Waals surface area contributed by atoms with Crippen LogP contribution in [0.3, 0.4) is 0 Å². The molecule has 1 aliphatic carbocycles. The van der Waals surface area contributed by atoms with Crippen LogP contribution in [0.4, 0.5) is 0 Å². The van der Waals surface area contributed by atoms with E-state index in [-0.39, 0.29) is 17.9 Å². The third-order valence-electron chi connectivity index (χ3n) is 6.89.